The molecule has 7 heteroatoms. The van der Waals surface area contributed by atoms with Gasteiger partial charge in [0.05, 0.1) is 25.6 Å². The fraction of sp³-hybridized carbons (Fsp3) is 0.278. The van der Waals surface area contributed by atoms with E-state index in [1.807, 2.05) is 0 Å². The Hall–Kier alpha value is -3.09. The van der Waals surface area contributed by atoms with Gasteiger partial charge in [-0.3, -0.25) is 14.9 Å². The van der Waals surface area contributed by atoms with Crippen molar-refractivity contribution < 1.29 is 24.3 Å². The predicted molar refractivity (Wildman–Crippen MR) is 92.3 cm³/mol. The number of nitro benzene ring substituents is 1. The van der Waals surface area contributed by atoms with Crippen LogP contribution in [0.5, 0.6) is 11.5 Å². The van der Waals surface area contributed by atoms with Crippen LogP contribution in [0.1, 0.15) is 24.8 Å². The van der Waals surface area contributed by atoms with Crippen LogP contribution in [0.3, 0.4) is 0 Å². The molecule has 0 fully saturated rings. The summed E-state index contributed by atoms with van der Waals surface area (Å²) < 4.78 is 10.8. The first-order valence-electron chi connectivity index (χ1n) is 7.60. The van der Waals surface area contributed by atoms with Gasteiger partial charge >= 0.3 is 5.97 Å². The Morgan fingerprint density at radius 3 is 2.52 bits per heavy atom. The second-order valence-corrected chi connectivity index (χ2v) is 5.61. The van der Waals surface area contributed by atoms with Crippen LogP contribution in [-0.4, -0.2) is 30.2 Å². The highest BCUT2D eigenvalue weighted by Crippen LogP contribution is 2.42. The predicted octanol–water partition coefficient (Wildman–Crippen LogP) is 3.86. The van der Waals surface area contributed by atoms with E-state index in [1.165, 1.54) is 26.4 Å². The van der Waals surface area contributed by atoms with Crippen molar-refractivity contribution >= 4 is 11.7 Å². The molecule has 0 radical (unpaired) electrons. The highest BCUT2D eigenvalue weighted by molar-refractivity contribution is 5.77. The van der Waals surface area contributed by atoms with Gasteiger partial charge in [0.1, 0.15) is 0 Å². The number of methoxy groups -OCH3 is 2. The zero-order valence-corrected chi connectivity index (χ0v) is 14.2. The van der Waals surface area contributed by atoms with Crippen molar-refractivity contribution in [3.8, 4) is 22.6 Å². The van der Waals surface area contributed by atoms with Gasteiger partial charge < -0.3 is 14.6 Å². The maximum atomic E-state index is 11.0. The summed E-state index contributed by atoms with van der Waals surface area (Å²) in [6.07, 6.45) is -0.0378. The Morgan fingerprint density at radius 1 is 1.24 bits per heavy atom. The molecule has 0 amide bonds. The van der Waals surface area contributed by atoms with Crippen molar-refractivity contribution in [1.82, 2.24) is 0 Å². The van der Waals surface area contributed by atoms with Gasteiger partial charge in [-0.1, -0.05) is 19.1 Å². The van der Waals surface area contributed by atoms with E-state index >= 15 is 0 Å². The maximum Gasteiger partial charge on any atom is 0.303 e. The number of carboxylic acid groups (broad SMARTS) is 1. The van der Waals surface area contributed by atoms with Crippen LogP contribution < -0.4 is 9.47 Å². The van der Waals surface area contributed by atoms with Crippen molar-refractivity contribution in [1.29, 1.82) is 0 Å². The van der Waals surface area contributed by atoms with Crippen molar-refractivity contribution in [3.63, 3.8) is 0 Å². The number of nitrogens with zero attached hydrogens (tertiary/aromatic N) is 1. The number of aliphatic carboxylic acids is 1. The topological polar surface area (TPSA) is 98.9 Å². The number of ether oxygens (including phenoxy) is 2. The van der Waals surface area contributed by atoms with Crippen LogP contribution in [0, 0.1) is 10.1 Å². The molecule has 0 saturated heterocycles. The molecule has 2 aromatic rings. The average molecular weight is 345 g/mol. The Morgan fingerprint density at radius 2 is 1.96 bits per heavy atom. The van der Waals surface area contributed by atoms with Gasteiger partial charge in [-0.2, -0.15) is 0 Å². The first kappa shape index (κ1) is 18.3. The Kier molecular flexibility index (Phi) is 5.59. The van der Waals surface area contributed by atoms with Crippen molar-refractivity contribution in [2.24, 2.45) is 0 Å². The fourth-order valence-electron chi connectivity index (χ4n) is 2.65. The van der Waals surface area contributed by atoms with Gasteiger partial charge in [-0.05, 0) is 29.2 Å². The highest BCUT2D eigenvalue weighted by Gasteiger charge is 2.19. The van der Waals surface area contributed by atoms with E-state index in [4.69, 9.17) is 14.6 Å². The average Bonchev–Trinajstić information content (AvgIpc) is 2.59. The molecule has 0 bridgehead atoms. The molecule has 2 aromatic carbocycles. The zero-order chi connectivity index (χ0) is 18.6. The molecule has 0 aliphatic carbocycles. The lowest BCUT2D eigenvalue weighted by atomic mass is 9.92. The number of carbonyl (C=O) groups is 1. The van der Waals surface area contributed by atoms with E-state index in [2.05, 4.69) is 0 Å². The molecular weight excluding hydrogens is 326 g/mol. The number of non-ortho nitro benzene ring substituents is 1. The molecule has 0 aliphatic heterocycles. The molecule has 2 rings (SSSR count). The molecule has 0 saturated carbocycles. The monoisotopic (exact) mass is 345 g/mol. The van der Waals surface area contributed by atoms with Gasteiger partial charge in [-0.25, -0.2) is 0 Å². The second-order valence-electron chi connectivity index (χ2n) is 5.61. The lowest BCUT2D eigenvalue weighted by molar-refractivity contribution is -0.384. The first-order chi connectivity index (χ1) is 11.9. The van der Waals surface area contributed by atoms with E-state index in [0.717, 1.165) is 5.56 Å². The molecule has 0 heterocycles. The number of nitro groups is 1. The minimum atomic E-state index is -0.904. The van der Waals surface area contributed by atoms with Gasteiger partial charge in [0, 0.05) is 17.7 Å². The molecule has 132 valence electrons. The summed E-state index contributed by atoms with van der Waals surface area (Å²) in [7, 11) is 2.97. The van der Waals surface area contributed by atoms with Crippen LogP contribution >= 0.6 is 0 Å². The summed E-state index contributed by atoms with van der Waals surface area (Å²) in [5.74, 6) is -0.276. The van der Waals surface area contributed by atoms with Crippen molar-refractivity contribution in [3.05, 3.63) is 52.1 Å². The maximum absolute atomic E-state index is 11.0. The van der Waals surface area contributed by atoms with E-state index in [-0.39, 0.29) is 18.0 Å². The zero-order valence-electron chi connectivity index (χ0n) is 14.2. The van der Waals surface area contributed by atoms with Gasteiger partial charge in [0.25, 0.3) is 5.69 Å². The van der Waals surface area contributed by atoms with E-state index in [0.29, 0.717) is 22.6 Å². The van der Waals surface area contributed by atoms with Crippen LogP contribution in [0.15, 0.2) is 36.4 Å². The van der Waals surface area contributed by atoms with Gasteiger partial charge in [-0.15, -0.1) is 0 Å². The quantitative estimate of drug-likeness (QED) is 0.604. The number of benzene rings is 2. The molecule has 7 nitrogen and oxygen atoms in total. The number of rotatable bonds is 7. The summed E-state index contributed by atoms with van der Waals surface area (Å²) in [5, 5.41) is 20.1. The summed E-state index contributed by atoms with van der Waals surface area (Å²) in [6.45, 7) is 1.80. The van der Waals surface area contributed by atoms with Crippen LogP contribution in [0.4, 0.5) is 5.69 Å². The van der Waals surface area contributed by atoms with Crippen LogP contribution in [-0.2, 0) is 4.79 Å². The summed E-state index contributed by atoms with van der Waals surface area (Å²) in [4.78, 5) is 21.6. The van der Waals surface area contributed by atoms with E-state index < -0.39 is 10.9 Å². The standard InChI is InChI=1S/C18H19NO6/c1-11(7-17(20)21)13-9-15(18(25-3)16(10-13)24-2)12-5-4-6-14(8-12)19(22)23/h4-6,8-11H,7H2,1-3H3,(H,20,21). The molecule has 25 heavy (non-hydrogen) atoms. The number of hydrogen-bond acceptors (Lipinski definition) is 5. The first-order valence-corrected chi connectivity index (χ1v) is 7.60. The molecule has 1 unspecified atom stereocenters. The van der Waals surface area contributed by atoms with E-state index in [1.54, 1.807) is 31.2 Å². The van der Waals surface area contributed by atoms with Crippen molar-refractivity contribution in [2.45, 2.75) is 19.3 Å². The molecule has 1 N–H and O–H groups in total. The molecule has 0 spiro atoms. The van der Waals surface area contributed by atoms with Gasteiger partial charge in [0.15, 0.2) is 11.5 Å². The lowest BCUT2D eigenvalue weighted by Gasteiger charge is -2.18. The third kappa shape index (κ3) is 4.06. The summed E-state index contributed by atoms with van der Waals surface area (Å²) >= 11 is 0. The third-order valence-electron chi connectivity index (χ3n) is 3.92. The molecule has 1 atom stereocenters. The minimum absolute atomic E-state index is 0.0378. The van der Waals surface area contributed by atoms with Crippen LogP contribution in [0.2, 0.25) is 0 Å². The Bertz CT molecular complexity index is 802. The smallest absolute Gasteiger partial charge is 0.303 e. The molecular formula is C18H19NO6. The fourth-order valence-corrected chi connectivity index (χ4v) is 2.65. The Labute approximate surface area is 145 Å². The Balaban J connectivity index is 2.64. The SMILES string of the molecule is COc1cc(C(C)CC(=O)O)cc(-c2cccc([N+](=O)[O-])c2)c1OC. The van der Waals surface area contributed by atoms with E-state index in [9.17, 15) is 14.9 Å². The molecule has 0 aliphatic rings. The summed E-state index contributed by atoms with van der Waals surface area (Å²) in [6, 6.07) is 9.69. The number of carboxylic acids is 1. The number of hydrogen-bond donors (Lipinski definition) is 1. The van der Waals surface area contributed by atoms with Crippen molar-refractivity contribution in [2.75, 3.05) is 14.2 Å². The largest absolute Gasteiger partial charge is 0.493 e. The third-order valence-corrected chi connectivity index (χ3v) is 3.92. The highest BCUT2D eigenvalue weighted by atomic mass is 16.6. The van der Waals surface area contributed by atoms with Gasteiger partial charge in [0.2, 0.25) is 0 Å². The molecule has 0 aromatic heterocycles. The summed E-state index contributed by atoms with van der Waals surface area (Å²) in [5.41, 5.74) is 1.91. The second kappa shape index (κ2) is 7.65. The minimum Gasteiger partial charge on any atom is -0.493 e. The lowest BCUT2D eigenvalue weighted by Crippen LogP contribution is -2.04. The van der Waals surface area contributed by atoms with Crippen LogP contribution in [0.25, 0.3) is 11.1 Å². The normalized spacial score (nSPS) is 11.6.